The van der Waals surface area contributed by atoms with E-state index in [1.54, 1.807) is 20.1 Å². The maximum absolute atomic E-state index is 13.3. The van der Waals surface area contributed by atoms with Crippen molar-refractivity contribution in [1.82, 2.24) is 4.98 Å². The van der Waals surface area contributed by atoms with Gasteiger partial charge in [-0.2, -0.15) is 0 Å². The SMILES string of the molecule is CCOC(=O)/C(=C/c1cccc(-c2ccccc2OC)n1)[C@H]1C=C[C@H](OCc2ccccc2)[C@@H](COCc2ccccc2)O1. The van der Waals surface area contributed by atoms with E-state index < -0.39 is 18.2 Å². The summed E-state index contributed by atoms with van der Waals surface area (Å²) in [5, 5.41) is 0. The van der Waals surface area contributed by atoms with Crippen LogP contribution in [0.1, 0.15) is 23.7 Å². The molecule has 0 N–H and O–H groups in total. The average molecular weight is 592 g/mol. The lowest BCUT2D eigenvalue weighted by Crippen LogP contribution is -2.41. The molecule has 1 aromatic heterocycles. The van der Waals surface area contributed by atoms with Gasteiger partial charge in [-0.3, -0.25) is 0 Å². The standard InChI is InChI=1S/C37H37NO6/c1-3-42-37(39)31(23-29-17-12-19-32(38-29)30-18-10-11-20-33(30)40-2)34-21-22-35(43-25-28-15-8-5-9-16-28)36(44-34)26-41-24-27-13-6-4-7-14-27/h4-23,34-36H,3,24-26H2,1-2H3/b31-23+/t34-,35+,36-/m1/s1. The number of methoxy groups -OCH3 is 1. The summed E-state index contributed by atoms with van der Waals surface area (Å²) in [6.07, 6.45) is 3.97. The highest BCUT2D eigenvalue weighted by Crippen LogP contribution is 2.29. The van der Waals surface area contributed by atoms with Crippen LogP contribution in [0.4, 0.5) is 0 Å². The number of hydrogen-bond acceptors (Lipinski definition) is 7. The molecular formula is C37H37NO6. The molecule has 7 nitrogen and oxygen atoms in total. The normalized spacial score (nSPS) is 18.1. The third kappa shape index (κ3) is 8.29. The van der Waals surface area contributed by atoms with Gasteiger partial charge in [-0.1, -0.05) is 91.0 Å². The molecule has 4 aromatic rings. The molecule has 1 aliphatic heterocycles. The number of carbonyl (C=O) groups is 1. The molecule has 0 fully saturated rings. The van der Waals surface area contributed by atoms with Crippen LogP contribution in [0.5, 0.6) is 5.75 Å². The molecule has 0 spiro atoms. The number of ether oxygens (including phenoxy) is 5. The van der Waals surface area contributed by atoms with Crippen molar-refractivity contribution in [3.8, 4) is 17.0 Å². The molecule has 226 valence electrons. The highest BCUT2D eigenvalue weighted by atomic mass is 16.6. The van der Waals surface area contributed by atoms with Crippen LogP contribution in [0, 0.1) is 0 Å². The lowest BCUT2D eigenvalue weighted by atomic mass is 10.0. The first-order valence-corrected chi connectivity index (χ1v) is 14.7. The number of para-hydroxylation sites is 1. The molecule has 44 heavy (non-hydrogen) atoms. The molecule has 0 unspecified atom stereocenters. The molecule has 5 rings (SSSR count). The van der Waals surface area contributed by atoms with Crippen molar-refractivity contribution in [1.29, 1.82) is 0 Å². The van der Waals surface area contributed by atoms with Gasteiger partial charge < -0.3 is 23.7 Å². The molecule has 0 aliphatic carbocycles. The molecule has 7 heteroatoms. The summed E-state index contributed by atoms with van der Waals surface area (Å²) in [5.41, 5.74) is 4.62. The first-order chi connectivity index (χ1) is 21.6. The maximum atomic E-state index is 13.3. The monoisotopic (exact) mass is 591 g/mol. The van der Waals surface area contributed by atoms with Gasteiger partial charge in [0.05, 0.1) is 50.5 Å². The second-order valence-electron chi connectivity index (χ2n) is 10.2. The van der Waals surface area contributed by atoms with Crippen LogP contribution in [0.3, 0.4) is 0 Å². The fourth-order valence-corrected chi connectivity index (χ4v) is 4.92. The van der Waals surface area contributed by atoms with E-state index in [1.165, 1.54) is 0 Å². The fraction of sp³-hybridized carbons (Fsp3) is 0.243. The minimum absolute atomic E-state index is 0.230. The van der Waals surface area contributed by atoms with E-state index in [1.807, 2.05) is 115 Å². The second-order valence-corrected chi connectivity index (χ2v) is 10.2. The van der Waals surface area contributed by atoms with Crippen LogP contribution in [0.25, 0.3) is 17.3 Å². The largest absolute Gasteiger partial charge is 0.496 e. The van der Waals surface area contributed by atoms with Crippen LogP contribution in [-0.4, -0.2) is 49.6 Å². The number of benzene rings is 3. The predicted octanol–water partition coefficient (Wildman–Crippen LogP) is 6.83. The average Bonchev–Trinajstić information content (AvgIpc) is 3.07. The van der Waals surface area contributed by atoms with Gasteiger partial charge in [-0.05, 0) is 48.4 Å². The number of carbonyl (C=O) groups excluding carboxylic acids is 1. The fourth-order valence-electron chi connectivity index (χ4n) is 4.92. The van der Waals surface area contributed by atoms with Gasteiger partial charge in [-0.25, -0.2) is 9.78 Å². The van der Waals surface area contributed by atoms with Gasteiger partial charge in [-0.15, -0.1) is 0 Å². The van der Waals surface area contributed by atoms with E-state index in [2.05, 4.69) is 0 Å². The van der Waals surface area contributed by atoms with Crippen molar-refractivity contribution in [2.75, 3.05) is 20.3 Å². The summed E-state index contributed by atoms with van der Waals surface area (Å²) in [7, 11) is 1.63. The molecule has 3 aromatic carbocycles. The van der Waals surface area contributed by atoms with Crippen LogP contribution in [0.2, 0.25) is 0 Å². The Bertz CT molecular complexity index is 1550. The number of nitrogens with zero attached hydrogens (tertiary/aromatic N) is 1. The van der Waals surface area contributed by atoms with E-state index >= 15 is 0 Å². The number of pyridine rings is 1. The minimum Gasteiger partial charge on any atom is -0.496 e. The number of hydrogen-bond donors (Lipinski definition) is 0. The van der Waals surface area contributed by atoms with Crippen molar-refractivity contribution >= 4 is 12.0 Å². The summed E-state index contributed by atoms with van der Waals surface area (Å²) < 4.78 is 29.9. The molecule has 3 atom stereocenters. The summed E-state index contributed by atoms with van der Waals surface area (Å²) in [4.78, 5) is 18.1. The third-order valence-electron chi connectivity index (χ3n) is 7.12. The Morgan fingerprint density at radius 3 is 2.27 bits per heavy atom. The Balaban J connectivity index is 1.40. The summed E-state index contributed by atoms with van der Waals surface area (Å²) >= 11 is 0. The topological polar surface area (TPSA) is 76.1 Å². The molecule has 1 aliphatic rings. The van der Waals surface area contributed by atoms with Crippen molar-refractivity contribution < 1.29 is 28.5 Å². The second kappa shape index (κ2) is 15.8. The quantitative estimate of drug-likeness (QED) is 0.0958. The van der Waals surface area contributed by atoms with E-state index in [0.717, 1.165) is 22.4 Å². The summed E-state index contributed by atoms with van der Waals surface area (Å²) in [5.74, 6) is 0.240. The summed E-state index contributed by atoms with van der Waals surface area (Å²) in [6.45, 7) is 3.13. The van der Waals surface area contributed by atoms with Crippen molar-refractivity contribution in [3.05, 3.63) is 138 Å². The Morgan fingerprint density at radius 1 is 0.841 bits per heavy atom. The highest BCUT2D eigenvalue weighted by Gasteiger charge is 2.33. The first-order valence-electron chi connectivity index (χ1n) is 14.7. The Kier molecular flexibility index (Phi) is 11.1. The highest BCUT2D eigenvalue weighted by molar-refractivity contribution is 5.95. The van der Waals surface area contributed by atoms with Gasteiger partial charge in [0.15, 0.2) is 0 Å². The molecular weight excluding hydrogens is 554 g/mol. The van der Waals surface area contributed by atoms with Gasteiger partial charge in [0, 0.05) is 5.56 Å². The lowest BCUT2D eigenvalue weighted by Gasteiger charge is -2.33. The molecule has 0 bridgehead atoms. The predicted molar refractivity (Wildman–Crippen MR) is 170 cm³/mol. The Labute approximate surface area is 258 Å². The van der Waals surface area contributed by atoms with Gasteiger partial charge in [0.2, 0.25) is 0 Å². The zero-order valence-corrected chi connectivity index (χ0v) is 25.0. The van der Waals surface area contributed by atoms with Gasteiger partial charge in [0.25, 0.3) is 0 Å². The van der Waals surface area contributed by atoms with Crippen LogP contribution < -0.4 is 4.74 Å². The van der Waals surface area contributed by atoms with Crippen LogP contribution in [-0.2, 0) is 37.0 Å². The maximum Gasteiger partial charge on any atom is 0.337 e. The smallest absolute Gasteiger partial charge is 0.337 e. The molecule has 2 heterocycles. The zero-order valence-electron chi connectivity index (χ0n) is 25.0. The summed E-state index contributed by atoms with van der Waals surface area (Å²) in [6, 6.07) is 33.3. The minimum atomic E-state index is -0.687. The van der Waals surface area contributed by atoms with E-state index in [0.29, 0.717) is 30.2 Å². The van der Waals surface area contributed by atoms with Crippen LogP contribution >= 0.6 is 0 Å². The van der Waals surface area contributed by atoms with Crippen molar-refractivity contribution in [2.24, 2.45) is 0 Å². The molecule has 0 radical (unpaired) electrons. The number of rotatable bonds is 13. The lowest BCUT2D eigenvalue weighted by molar-refractivity contribution is -0.143. The van der Waals surface area contributed by atoms with Crippen LogP contribution in [0.15, 0.2) is 121 Å². The molecule has 0 saturated carbocycles. The van der Waals surface area contributed by atoms with E-state index in [-0.39, 0.29) is 19.3 Å². The van der Waals surface area contributed by atoms with E-state index in [4.69, 9.17) is 28.7 Å². The first kappa shape index (κ1) is 30.9. The Morgan fingerprint density at radius 2 is 1.55 bits per heavy atom. The number of aromatic nitrogens is 1. The van der Waals surface area contributed by atoms with E-state index in [9.17, 15) is 4.79 Å². The van der Waals surface area contributed by atoms with Gasteiger partial charge >= 0.3 is 5.97 Å². The zero-order chi connectivity index (χ0) is 30.6. The van der Waals surface area contributed by atoms with Crippen molar-refractivity contribution in [2.45, 2.75) is 38.4 Å². The number of esters is 1. The molecule has 0 saturated heterocycles. The van der Waals surface area contributed by atoms with Crippen molar-refractivity contribution in [3.63, 3.8) is 0 Å². The Hall–Kier alpha value is -4.56. The molecule has 0 amide bonds. The van der Waals surface area contributed by atoms with Gasteiger partial charge in [0.1, 0.15) is 24.1 Å². The third-order valence-corrected chi connectivity index (χ3v) is 7.12.